The summed E-state index contributed by atoms with van der Waals surface area (Å²) in [6, 6.07) is 13.0. The molecule has 3 rings (SSSR count). The highest BCUT2D eigenvalue weighted by molar-refractivity contribution is 5.85. The molecule has 0 aliphatic carbocycles. The molecule has 2 N–H and O–H groups in total. The zero-order valence-corrected chi connectivity index (χ0v) is 11.7. The fraction of sp³-hybridized carbons (Fsp3) is 0.188. The number of nitrogens with zero attached hydrogens (tertiary/aromatic N) is 1. The lowest BCUT2D eigenvalue weighted by Crippen LogP contribution is -1.99. The molecule has 108 valence electrons. The van der Waals surface area contributed by atoms with Gasteiger partial charge in [-0.1, -0.05) is 18.2 Å². The maximum absolute atomic E-state index is 5.86. The second kappa shape index (κ2) is 5.75. The Kier molecular flexibility index (Phi) is 3.64. The first-order valence-corrected chi connectivity index (χ1v) is 6.76. The van der Waals surface area contributed by atoms with E-state index >= 15 is 0 Å². The van der Waals surface area contributed by atoms with E-state index in [1.54, 1.807) is 6.07 Å². The van der Waals surface area contributed by atoms with E-state index in [9.17, 15) is 0 Å². The molecule has 0 fully saturated rings. The third-order valence-corrected chi connectivity index (χ3v) is 2.99. The molecule has 5 nitrogen and oxygen atoms in total. The molecule has 5 heteroatoms. The first kappa shape index (κ1) is 13.3. The highest BCUT2D eigenvalue weighted by atomic mass is 16.5. The second-order valence-corrected chi connectivity index (χ2v) is 4.47. The summed E-state index contributed by atoms with van der Waals surface area (Å²) in [5, 5.41) is 0. The van der Waals surface area contributed by atoms with Gasteiger partial charge in [-0.2, -0.15) is 0 Å². The molecular weight excluding hydrogens is 268 g/mol. The predicted molar refractivity (Wildman–Crippen MR) is 80.4 cm³/mol. The van der Waals surface area contributed by atoms with E-state index in [1.165, 1.54) is 0 Å². The number of oxazole rings is 1. The van der Waals surface area contributed by atoms with Gasteiger partial charge < -0.3 is 19.6 Å². The largest absolute Gasteiger partial charge is 0.490 e. The van der Waals surface area contributed by atoms with Gasteiger partial charge >= 0.3 is 0 Å². The summed E-state index contributed by atoms with van der Waals surface area (Å²) in [6.07, 6.45) is 0. The number of nitrogens with two attached hydrogens (primary N) is 1. The van der Waals surface area contributed by atoms with E-state index in [0.29, 0.717) is 40.8 Å². The molecule has 0 aliphatic rings. The van der Waals surface area contributed by atoms with Gasteiger partial charge in [0.25, 0.3) is 0 Å². The lowest BCUT2D eigenvalue weighted by molar-refractivity contribution is 0.245. The molecule has 0 bridgehead atoms. The number of hydrogen-bond acceptors (Lipinski definition) is 5. The number of aromatic nitrogens is 1. The number of benzene rings is 2. The van der Waals surface area contributed by atoms with Crippen LogP contribution in [0.5, 0.6) is 11.5 Å². The lowest BCUT2D eigenvalue weighted by Gasteiger charge is -2.09. The third kappa shape index (κ3) is 2.76. The van der Waals surface area contributed by atoms with Crippen molar-refractivity contribution in [3.05, 3.63) is 48.4 Å². The van der Waals surface area contributed by atoms with Crippen LogP contribution in [-0.4, -0.2) is 11.6 Å². The summed E-state index contributed by atoms with van der Waals surface area (Å²) in [5.41, 5.74) is 7.77. The van der Waals surface area contributed by atoms with Crippen LogP contribution < -0.4 is 15.2 Å². The molecule has 0 saturated heterocycles. The van der Waals surface area contributed by atoms with Crippen LogP contribution in [0.15, 0.2) is 46.9 Å². The van der Waals surface area contributed by atoms with E-state index in [4.69, 9.17) is 19.6 Å². The highest BCUT2D eigenvalue weighted by Gasteiger charge is 2.10. The van der Waals surface area contributed by atoms with Crippen LogP contribution in [0, 0.1) is 0 Å². The molecule has 2 aromatic carbocycles. The average molecular weight is 284 g/mol. The van der Waals surface area contributed by atoms with Crippen molar-refractivity contribution in [2.75, 3.05) is 12.3 Å². The smallest absolute Gasteiger partial charge is 0.233 e. The highest BCUT2D eigenvalue weighted by Crippen LogP contribution is 2.28. The number of hydrogen-bond donors (Lipinski definition) is 1. The third-order valence-electron chi connectivity index (χ3n) is 2.99. The van der Waals surface area contributed by atoms with Crippen molar-refractivity contribution >= 4 is 16.8 Å². The summed E-state index contributed by atoms with van der Waals surface area (Å²) < 4.78 is 16.8. The normalized spacial score (nSPS) is 10.7. The molecule has 0 atom stereocenters. The Morgan fingerprint density at radius 3 is 2.52 bits per heavy atom. The summed E-state index contributed by atoms with van der Waals surface area (Å²) in [6.45, 7) is 2.73. The Morgan fingerprint density at radius 1 is 1.05 bits per heavy atom. The summed E-state index contributed by atoms with van der Waals surface area (Å²) in [4.78, 5) is 4.35. The number of nitrogen functional groups attached to an aromatic ring is 1. The monoisotopic (exact) mass is 284 g/mol. The Bertz CT molecular complexity index is 752. The number of para-hydroxylation sites is 3. The summed E-state index contributed by atoms with van der Waals surface area (Å²) in [5.74, 6) is 1.85. The van der Waals surface area contributed by atoms with Crippen molar-refractivity contribution in [1.29, 1.82) is 0 Å². The van der Waals surface area contributed by atoms with Crippen LogP contribution in [0.3, 0.4) is 0 Å². The Morgan fingerprint density at radius 2 is 1.81 bits per heavy atom. The Hall–Kier alpha value is -2.69. The summed E-state index contributed by atoms with van der Waals surface area (Å²) in [7, 11) is 0. The quantitative estimate of drug-likeness (QED) is 0.727. The zero-order chi connectivity index (χ0) is 14.7. The van der Waals surface area contributed by atoms with Crippen LogP contribution in [-0.2, 0) is 6.61 Å². The van der Waals surface area contributed by atoms with Crippen molar-refractivity contribution in [3.63, 3.8) is 0 Å². The fourth-order valence-electron chi connectivity index (χ4n) is 2.06. The Balaban J connectivity index is 1.79. The van der Waals surface area contributed by atoms with Gasteiger partial charge in [0.2, 0.25) is 5.89 Å². The van der Waals surface area contributed by atoms with Crippen LogP contribution in [0.2, 0.25) is 0 Å². The van der Waals surface area contributed by atoms with E-state index in [-0.39, 0.29) is 6.61 Å². The molecule has 3 aromatic rings. The van der Waals surface area contributed by atoms with Gasteiger partial charge in [0.15, 0.2) is 23.7 Å². The maximum atomic E-state index is 5.86. The molecule has 1 heterocycles. The number of rotatable bonds is 5. The van der Waals surface area contributed by atoms with Crippen molar-refractivity contribution in [1.82, 2.24) is 4.98 Å². The molecule has 0 saturated carbocycles. The maximum Gasteiger partial charge on any atom is 0.233 e. The van der Waals surface area contributed by atoms with E-state index in [1.807, 2.05) is 43.3 Å². The minimum Gasteiger partial charge on any atom is -0.490 e. The Labute approximate surface area is 122 Å². The van der Waals surface area contributed by atoms with Gasteiger partial charge in [0, 0.05) is 0 Å². The van der Waals surface area contributed by atoms with E-state index < -0.39 is 0 Å². The first-order valence-electron chi connectivity index (χ1n) is 6.76. The number of fused-ring (bicyclic) bond motifs is 1. The first-order chi connectivity index (χ1) is 10.3. The van der Waals surface area contributed by atoms with E-state index in [0.717, 1.165) is 0 Å². The fourth-order valence-corrected chi connectivity index (χ4v) is 2.06. The molecule has 0 spiro atoms. The van der Waals surface area contributed by atoms with Crippen LogP contribution in [0.4, 0.5) is 5.69 Å². The molecular formula is C16H16N2O3. The topological polar surface area (TPSA) is 70.5 Å². The van der Waals surface area contributed by atoms with E-state index in [2.05, 4.69) is 4.98 Å². The van der Waals surface area contributed by atoms with Crippen molar-refractivity contribution in [2.24, 2.45) is 0 Å². The summed E-state index contributed by atoms with van der Waals surface area (Å²) >= 11 is 0. The van der Waals surface area contributed by atoms with Crippen molar-refractivity contribution in [2.45, 2.75) is 13.5 Å². The van der Waals surface area contributed by atoms with Crippen LogP contribution in [0.25, 0.3) is 11.1 Å². The molecule has 0 radical (unpaired) electrons. The molecule has 1 aromatic heterocycles. The van der Waals surface area contributed by atoms with Crippen LogP contribution >= 0.6 is 0 Å². The molecule has 21 heavy (non-hydrogen) atoms. The van der Waals surface area contributed by atoms with Gasteiger partial charge in [-0.15, -0.1) is 0 Å². The molecule has 0 aliphatic heterocycles. The minimum atomic E-state index is 0.220. The second-order valence-electron chi connectivity index (χ2n) is 4.47. The molecule has 0 unspecified atom stereocenters. The lowest BCUT2D eigenvalue weighted by atomic mass is 10.3. The number of anilines is 1. The SMILES string of the molecule is CCOc1ccccc1OCc1nc2c(N)cccc2o1. The van der Waals surface area contributed by atoms with Crippen molar-refractivity contribution < 1.29 is 13.9 Å². The van der Waals surface area contributed by atoms with Crippen molar-refractivity contribution in [3.8, 4) is 11.5 Å². The van der Waals surface area contributed by atoms with Crippen LogP contribution in [0.1, 0.15) is 12.8 Å². The van der Waals surface area contributed by atoms with Gasteiger partial charge in [-0.05, 0) is 31.2 Å². The van der Waals surface area contributed by atoms with Gasteiger partial charge in [-0.3, -0.25) is 0 Å². The predicted octanol–water partition coefficient (Wildman–Crippen LogP) is 3.39. The minimum absolute atomic E-state index is 0.220. The average Bonchev–Trinajstić information content (AvgIpc) is 2.91. The zero-order valence-electron chi connectivity index (χ0n) is 11.7. The van der Waals surface area contributed by atoms with Gasteiger partial charge in [-0.25, -0.2) is 4.98 Å². The number of ether oxygens (including phenoxy) is 2. The van der Waals surface area contributed by atoms with Gasteiger partial charge in [0.1, 0.15) is 5.52 Å². The molecule has 0 amide bonds. The van der Waals surface area contributed by atoms with Gasteiger partial charge in [0.05, 0.1) is 12.3 Å². The standard InChI is InChI=1S/C16H16N2O3/c1-2-19-12-7-3-4-8-13(12)20-10-15-18-16-11(17)6-5-9-14(16)21-15/h3-9H,2,10,17H2,1H3.